The number of anilines is 2. The number of carbonyl (C=O) groups excluding carboxylic acids is 2. The van der Waals surface area contributed by atoms with Crippen molar-refractivity contribution in [2.45, 2.75) is 0 Å². The van der Waals surface area contributed by atoms with E-state index in [1.807, 2.05) is 24.3 Å². The molecule has 1 N–H and O–H groups in total. The fourth-order valence-electron chi connectivity index (χ4n) is 2.37. The molecule has 1 aromatic heterocycles. The molecule has 1 fully saturated rings. The smallest absolute Gasteiger partial charge is 0.341 e. The third kappa shape index (κ3) is 4.14. The summed E-state index contributed by atoms with van der Waals surface area (Å²) in [7, 11) is 0. The van der Waals surface area contributed by atoms with E-state index in [-0.39, 0.29) is 12.2 Å². The van der Waals surface area contributed by atoms with Gasteiger partial charge in [-0.3, -0.25) is 4.79 Å². The van der Waals surface area contributed by atoms with Gasteiger partial charge < -0.3 is 24.1 Å². The number of nitrogens with zero attached hydrogens (tertiary/aromatic N) is 1. The lowest BCUT2D eigenvalue weighted by molar-refractivity contribution is -0.119. The minimum absolute atomic E-state index is 0.276. The summed E-state index contributed by atoms with van der Waals surface area (Å²) in [6, 6.07) is 9.00. The fraction of sp³-hybridized carbons (Fsp3) is 0.294. The third-order valence-corrected chi connectivity index (χ3v) is 3.62. The summed E-state index contributed by atoms with van der Waals surface area (Å²) in [6.07, 6.45) is 2.64. The Morgan fingerprint density at radius 2 is 1.88 bits per heavy atom. The number of esters is 1. The molecule has 1 saturated heterocycles. The molecule has 2 heterocycles. The number of ether oxygens (including phenoxy) is 2. The van der Waals surface area contributed by atoms with Gasteiger partial charge in [0.05, 0.1) is 25.0 Å². The summed E-state index contributed by atoms with van der Waals surface area (Å²) in [6.45, 7) is 2.81. The maximum Gasteiger partial charge on any atom is 0.341 e. The van der Waals surface area contributed by atoms with Gasteiger partial charge in [0.1, 0.15) is 6.26 Å². The van der Waals surface area contributed by atoms with Gasteiger partial charge in [0.25, 0.3) is 5.91 Å². The molecule has 0 spiro atoms. The molecule has 1 aromatic carbocycles. The molecule has 0 unspecified atom stereocenters. The molecule has 1 aliphatic rings. The quantitative estimate of drug-likeness (QED) is 0.844. The molecule has 0 saturated carbocycles. The lowest BCUT2D eigenvalue weighted by Crippen LogP contribution is -2.36. The molecule has 0 radical (unpaired) electrons. The lowest BCUT2D eigenvalue weighted by atomic mass is 10.2. The number of hydrogen-bond donors (Lipinski definition) is 1. The minimum Gasteiger partial charge on any atom is -0.472 e. The first kappa shape index (κ1) is 16.1. The van der Waals surface area contributed by atoms with Crippen LogP contribution < -0.4 is 10.2 Å². The van der Waals surface area contributed by atoms with Crippen LogP contribution in [-0.2, 0) is 14.3 Å². The van der Waals surface area contributed by atoms with E-state index in [1.54, 1.807) is 0 Å². The number of nitrogens with one attached hydrogen (secondary N) is 1. The molecule has 7 nitrogen and oxygen atoms in total. The number of carbonyl (C=O) groups is 2. The molecular weight excluding hydrogens is 312 g/mol. The van der Waals surface area contributed by atoms with E-state index in [4.69, 9.17) is 13.9 Å². The van der Waals surface area contributed by atoms with Crippen LogP contribution in [0.1, 0.15) is 10.4 Å². The number of furan rings is 1. The molecule has 0 bridgehead atoms. The van der Waals surface area contributed by atoms with Gasteiger partial charge in [-0.15, -0.1) is 0 Å². The number of benzene rings is 1. The topological polar surface area (TPSA) is 81.0 Å². The first-order chi connectivity index (χ1) is 11.7. The molecule has 1 aliphatic heterocycles. The van der Waals surface area contributed by atoms with E-state index >= 15 is 0 Å². The highest BCUT2D eigenvalue weighted by Crippen LogP contribution is 2.19. The molecule has 3 rings (SSSR count). The van der Waals surface area contributed by atoms with Crippen molar-refractivity contribution in [3.63, 3.8) is 0 Å². The number of rotatable bonds is 5. The average Bonchev–Trinajstić information content (AvgIpc) is 3.16. The average molecular weight is 330 g/mol. The molecule has 2 aromatic rings. The second-order valence-electron chi connectivity index (χ2n) is 5.28. The zero-order valence-electron chi connectivity index (χ0n) is 13.1. The van der Waals surface area contributed by atoms with Gasteiger partial charge in [-0.25, -0.2) is 4.79 Å². The highest BCUT2D eigenvalue weighted by Gasteiger charge is 2.13. The monoisotopic (exact) mass is 330 g/mol. The van der Waals surface area contributed by atoms with E-state index in [2.05, 4.69) is 10.2 Å². The normalized spacial score (nSPS) is 14.2. The summed E-state index contributed by atoms with van der Waals surface area (Å²) in [5, 5.41) is 2.69. The molecule has 0 atom stereocenters. The van der Waals surface area contributed by atoms with Crippen LogP contribution >= 0.6 is 0 Å². The van der Waals surface area contributed by atoms with Gasteiger partial charge in [0.2, 0.25) is 0 Å². The lowest BCUT2D eigenvalue weighted by Gasteiger charge is -2.28. The van der Waals surface area contributed by atoms with E-state index in [0.717, 1.165) is 32.0 Å². The van der Waals surface area contributed by atoms with E-state index in [9.17, 15) is 9.59 Å². The van der Waals surface area contributed by atoms with Crippen molar-refractivity contribution in [3.05, 3.63) is 48.4 Å². The second-order valence-corrected chi connectivity index (χ2v) is 5.28. The summed E-state index contributed by atoms with van der Waals surface area (Å²) in [4.78, 5) is 25.7. The van der Waals surface area contributed by atoms with Crippen LogP contribution in [0.3, 0.4) is 0 Å². The first-order valence-corrected chi connectivity index (χ1v) is 7.64. The Balaban J connectivity index is 1.48. The number of amides is 1. The van der Waals surface area contributed by atoms with Crippen molar-refractivity contribution in [3.8, 4) is 0 Å². The van der Waals surface area contributed by atoms with E-state index in [0.29, 0.717) is 5.69 Å². The molecular formula is C17H18N2O5. The van der Waals surface area contributed by atoms with E-state index < -0.39 is 11.9 Å². The summed E-state index contributed by atoms with van der Waals surface area (Å²) in [5.74, 6) is -0.993. The van der Waals surface area contributed by atoms with Crippen molar-refractivity contribution in [2.75, 3.05) is 43.1 Å². The predicted molar refractivity (Wildman–Crippen MR) is 87.1 cm³/mol. The van der Waals surface area contributed by atoms with E-state index in [1.165, 1.54) is 18.6 Å². The zero-order valence-corrected chi connectivity index (χ0v) is 13.1. The van der Waals surface area contributed by atoms with Crippen LogP contribution in [0.2, 0.25) is 0 Å². The van der Waals surface area contributed by atoms with Crippen molar-refractivity contribution in [1.29, 1.82) is 0 Å². The Labute approximate surface area is 139 Å². The van der Waals surface area contributed by atoms with Crippen LogP contribution in [-0.4, -0.2) is 44.8 Å². The fourth-order valence-corrected chi connectivity index (χ4v) is 2.37. The molecule has 0 aliphatic carbocycles. The van der Waals surface area contributed by atoms with Crippen LogP contribution in [0.5, 0.6) is 0 Å². The molecule has 24 heavy (non-hydrogen) atoms. The Kier molecular flexibility index (Phi) is 5.12. The Hall–Kier alpha value is -2.80. The van der Waals surface area contributed by atoms with Gasteiger partial charge in [-0.05, 0) is 30.3 Å². The zero-order chi connectivity index (χ0) is 16.8. The van der Waals surface area contributed by atoms with Crippen LogP contribution in [0, 0.1) is 0 Å². The maximum atomic E-state index is 11.8. The number of hydrogen-bond acceptors (Lipinski definition) is 6. The molecule has 7 heteroatoms. The van der Waals surface area contributed by atoms with Crippen LogP contribution in [0.15, 0.2) is 47.3 Å². The summed E-state index contributed by atoms with van der Waals surface area (Å²) in [5.41, 5.74) is 2.01. The molecule has 1 amide bonds. The van der Waals surface area contributed by atoms with Gasteiger partial charge in [-0.1, -0.05) is 0 Å². The van der Waals surface area contributed by atoms with Gasteiger partial charge in [-0.2, -0.15) is 0 Å². The third-order valence-electron chi connectivity index (χ3n) is 3.62. The van der Waals surface area contributed by atoms with Gasteiger partial charge in [0.15, 0.2) is 6.61 Å². The Bertz CT molecular complexity index is 676. The van der Waals surface area contributed by atoms with Gasteiger partial charge >= 0.3 is 5.97 Å². The van der Waals surface area contributed by atoms with Crippen LogP contribution in [0.25, 0.3) is 0 Å². The second kappa shape index (κ2) is 7.65. The SMILES string of the molecule is O=C(COC(=O)c1ccoc1)Nc1ccc(N2CCOCC2)cc1. The van der Waals surface area contributed by atoms with Crippen molar-refractivity contribution in [2.24, 2.45) is 0 Å². The van der Waals surface area contributed by atoms with Crippen molar-refractivity contribution >= 4 is 23.3 Å². The maximum absolute atomic E-state index is 11.8. The summed E-state index contributed by atoms with van der Waals surface area (Å²) >= 11 is 0. The minimum atomic E-state index is -0.596. The first-order valence-electron chi connectivity index (χ1n) is 7.64. The van der Waals surface area contributed by atoms with Crippen molar-refractivity contribution < 1.29 is 23.5 Å². The largest absolute Gasteiger partial charge is 0.472 e. The predicted octanol–water partition coefficient (Wildman–Crippen LogP) is 1.91. The number of morpholine rings is 1. The molecule has 126 valence electrons. The highest BCUT2D eigenvalue weighted by molar-refractivity contribution is 5.95. The summed E-state index contributed by atoms with van der Waals surface area (Å²) < 4.78 is 15.0. The standard InChI is InChI=1S/C17H18N2O5/c20-16(12-24-17(21)13-5-8-23-11-13)18-14-1-3-15(4-2-14)19-6-9-22-10-7-19/h1-5,8,11H,6-7,9-10,12H2,(H,18,20). The van der Waals surface area contributed by atoms with Crippen molar-refractivity contribution in [1.82, 2.24) is 0 Å². The van der Waals surface area contributed by atoms with Crippen LogP contribution in [0.4, 0.5) is 11.4 Å². The highest BCUT2D eigenvalue weighted by atomic mass is 16.5. The Morgan fingerprint density at radius 3 is 2.54 bits per heavy atom. The van der Waals surface area contributed by atoms with Gasteiger partial charge in [0, 0.05) is 24.5 Å². The Morgan fingerprint density at radius 1 is 1.12 bits per heavy atom.